The van der Waals surface area contributed by atoms with Crippen LogP contribution < -0.4 is 20.9 Å². The Balaban J connectivity index is 1.61. The molecule has 2 aromatic rings. The van der Waals surface area contributed by atoms with Crippen molar-refractivity contribution in [1.82, 2.24) is 14.6 Å². The van der Waals surface area contributed by atoms with Crippen molar-refractivity contribution in [1.29, 1.82) is 0 Å². The summed E-state index contributed by atoms with van der Waals surface area (Å²) in [7, 11) is -4.21. The number of alkyl halides is 1. The molecule has 13 nitrogen and oxygen atoms in total. The summed E-state index contributed by atoms with van der Waals surface area (Å²) in [4.78, 5) is 38.2. The van der Waals surface area contributed by atoms with Crippen molar-refractivity contribution in [3.05, 3.63) is 63.4 Å². The molecule has 2 N–H and O–H groups in total. The molecule has 0 amide bonds. The van der Waals surface area contributed by atoms with E-state index in [1.807, 2.05) is 11.9 Å². The van der Waals surface area contributed by atoms with E-state index in [2.05, 4.69) is 5.09 Å². The van der Waals surface area contributed by atoms with E-state index in [0.29, 0.717) is 19.6 Å². The van der Waals surface area contributed by atoms with E-state index >= 15 is 4.39 Å². The maximum atomic E-state index is 16.2. The maximum Gasteiger partial charge on any atom is 0.459 e. The second kappa shape index (κ2) is 12.8. The van der Waals surface area contributed by atoms with Gasteiger partial charge < -0.3 is 23.5 Å². The van der Waals surface area contributed by atoms with E-state index < -0.39 is 68.0 Å². The van der Waals surface area contributed by atoms with Gasteiger partial charge in [0.15, 0.2) is 24.3 Å². The van der Waals surface area contributed by atoms with Crippen molar-refractivity contribution in [3.8, 4) is 5.75 Å². The first kappa shape index (κ1) is 30.1. The van der Waals surface area contributed by atoms with Crippen molar-refractivity contribution >= 4 is 13.7 Å². The highest BCUT2D eigenvalue weighted by atomic mass is 31.2. The minimum absolute atomic E-state index is 0.0554. The highest BCUT2D eigenvalue weighted by molar-refractivity contribution is 7.52. The summed E-state index contributed by atoms with van der Waals surface area (Å²) in [6.45, 7) is 4.64. The van der Waals surface area contributed by atoms with Crippen LogP contribution in [0.25, 0.3) is 0 Å². The van der Waals surface area contributed by atoms with Gasteiger partial charge in [0.25, 0.3) is 5.56 Å². The van der Waals surface area contributed by atoms with Crippen LogP contribution in [0.5, 0.6) is 5.75 Å². The number of carbonyl (C=O) groups is 1. The molecule has 0 aliphatic carbocycles. The van der Waals surface area contributed by atoms with E-state index in [0.717, 1.165) is 23.8 Å². The number of esters is 1. The molecular formula is C25H33FN3O10P. The number of hydrogen-bond acceptors (Lipinski definition) is 10. The van der Waals surface area contributed by atoms with Crippen LogP contribution in [0, 0.1) is 0 Å². The van der Waals surface area contributed by atoms with Gasteiger partial charge in [-0.3, -0.25) is 23.7 Å². The SMILES string of the molecule is CCC(=O)O[C@@H]1[C@@H](COP(=O)(NC(CC)C2OCCO2)Oc2ccccc2)OC(n2ccc(=O)[nH]c2=O)[C@]1(C)F. The Morgan fingerprint density at radius 1 is 1.23 bits per heavy atom. The molecule has 1 aromatic heterocycles. The molecule has 2 aliphatic rings. The van der Waals surface area contributed by atoms with Crippen molar-refractivity contribution in [2.24, 2.45) is 0 Å². The number of nitrogens with one attached hydrogen (secondary N) is 2. The molecule has 6 atom stereocenters. The summed E-state index contributed by atoms with van der Waals surface area (Å²) in [5.41, 5.74) is -4.05. The summed E-state index contributed by atoms with van der Waals surface area (Å²) in [6, 6.07) is 8.72. The number of aromatic amines is 1. The van der Waals surface area contributed by atoms with Crippen LogP contribution in [-0.2, 0) is 32.8 Å². The average Bonchev–Trinajstić information content (AvgIpc) is 3.54. The van der Waals surface area contributed by atoms with E-state index in [4.69, 9.17) is 28.0 Å². The first-order valence-corrected chi connectivity index (χ1v) is 14.5. The number of ether oxygens (including phenoxy) is 4. The molecule has 0 bridgehead atoms. The fraction of sp³-hybridized carbons (Fsp3) is 0.560. The molecule has 2 aliphatic heterocycles. The fourth-order valence-corrected chi connectivity index (χ4v) is 6.04. The van der Waals surface area contributed by atoms with E-state index in [-0.39, 0.29) is 12.2 Å². The summed E-state index contributed by atoms with van der Waals surface area (Å²) < 4.78 is 64.9. The van der Waals surface area contributed by atoms with Gasteiger partial charge in [-0.2, -0.15) is 0 Å². The number of H-pyrrole nitrogens is 1. The van der Waals surface area contributed by atoms with Gasteiger partial charge in [0, 0.05) is 18.7 Å². The van der Waals surface area contributed by atoms with Crippen molar-refractivity contribution in [2.75, 3.05) is 19.8 Å². The smallest absolute Gasteiger partial charge is 0.456 e. The standard InChI is InChI=1S/C25H33FN3O10P/c1-4-17(22-34-13-14-35-22)28-40(33,39-16-9-7-6-8-10-16)36-15-18-21(38-20(31)5-2)25(3,26)23(37-18)29-12-11-19(30)27-24(29)32/h6-12,17-18,21-23H,4-5,13-15H2,1-3H3,(H,28,33)(H,27,30,32)/t17?,18-,21-,23?,25-,40?/m1/s1. The highest BCUT2D eigenvalue weighted by Gasteiger charge is 2.58. The number of nitrogens with zero attached hydrogens (tertiary/aromatic N) is 1. The lowest BCUT2D eigenvalue weighted by atomic mass is 9.98. The molecular weight excluding hydrogens is 552 g/mol. The summed E-state index contributed by atoms with van der Waals surface area (Å²) >= 11 is 0. The third-order valence-corrected chi connectivity index (χ3v) is 8.04. The molecule has 2 saturated heterocycles. The lowest BCUT2D eigenvalue weighted by Crippen LogP contribution is -2.46. The zero-order chi connectivity index (χ0) is 28.9. The molecule has 40 heavy (non-hydrogen) atoms. The minimum atomic E-state index is -4.21. The second-order valence-corrected chi connectivity index (χ2v) is 11.1. The van der Waals surface area contributed by atoms with Crippen LogP contribution in [0.1, 0.15) is 39.8 Å². The molecule has 0 saturated carbocycles. The van der Waals surface area contributed by atoms with Crippen molar-refractivity contribution in [2.45, 2.75) is 70.0 Å². The topological polar surface area (TPSA) is 156 Å². The van der Waals surface area contributed by atoms with Gasteiger partial charge in [0.2, 0.25) is 0 Å². The molecule has 1 aromatic carbocycles. The maximum absolute atomic E-state index is 16.2. The Morgan fingerprint density at radius 3 is 2.55 bits per heavy atom. The van der Waals surface area contributed by atoms with Crippen LogP contribution >= 0.6 is 7.75 Å². The Bertz CT molecular complexity index is 1310. The third kappa shape index (κ3) is 6.88. The van der Waals surface area contributed by atoms with Gasteiger partial charge in [-0.05, 0) is 25.5 Å². The average molecular weight is 586 g/mol. The Labute approximate surface area is 229 Å². The summed E-state index contributed by atoms with van der Waals surface area (Å²) in [6.07, 6.45) is -3.73. The quantitative estimate of drug-likeness (QED) is 0.279. The van der Waals surface area contributed by atoms with Crippen LogP contribution in [0.15, 0.2) is 52.2 Å². The van der Waals surface area contributed by atoms with E-state index in [1.165, 1.54) is 6.92 Å². The molecule has 2 fully saturated rings. The molecule has 0 spiro atoms. The number of para-hydroxylation sites is 1. The number of aromatic nitrogens is 2. The molecule has 15 heteroatoms. The van der Waals surface area contributed by atoms with Crippen molar-refractivity contribution < 1.29 is 41.7 Å². The third-order valence-electron chi connectivity index (χ3n) is 6.45. The molecule has 3 unspecified atom stereocenters. The number of hydrogen-bond donors (Lipinski definition) is 2. The normalized spacial score (nSPS) is 27.2. The molecule has 0 radical (unpaired) electrons. The van der Waals surface area contributed by atoms with Crippen molar-refractivity contribution in [3.63, 3.8) is 0 Å². The monoisotopic (exact) mass is 585 g/mol. The van der Waals surface area contributed by atoms with Gasteiger partial charge in [-0.1, -0.05) is 32.0 Å². The fourth-order valence-electron chi connectivity index (χ4n) is 4.40. The van der Waals surface area contributed by atoms with E-state index in [9.17, 15) is 18.9 Å². The van der Waals surface area contributed by atoms with Gasteiger partial charge in [0.05, 0.1) is 25.9 Å². The number of halogens is 1. The molecule has 220 valence electrons. The zero-order valence-corrected chi connectivity index (χ0v) is 23.2. The van der Waals surface area contributed by atoms with Crippen LogP contribution in [-0.4, -0.2) is 65.5 Å². The van der Waals surface area contributed by atoms with Gasteiger partial charge in [0.1, 0.15) is 11.9 Å². The largest absolute Gasteiger partial charge is 0.459 e. The van der Waals surface area contributed by atoms with Crippen LogP contribution in [0.3, 0.4) is 0 Å². The minimum Gasteiger partial charge on any atom is -0.456 e. The molecule has 3 heterocycles. The summed E-state index contributed by atoms with van der Waals surface area (Å²) in [5, 5.41) is 2.85. The number of carbonyl (C=O) groups excluding carboxylic acids is 1. The lowest BCUT2D eigenvalue weighted by Gasteiger charge is -2.29. The predicted octanol–water partition coefficient (Wildman–Crippen LogP) is 2.43. The van der Waals surface area contributed by atoms with E-state index in [1.54, 1.807) is 30.3 Å². The highest BCUT2D eigenvalue weighted by Crippen LogP contribution is 2.48. The second-order valence-electron chi connectivity index (χ2n) is 9.41. The van der Waals surface area contributed by atoms with Crippen LogP contribution in [0.2, 0.25) is 0 Å². The lowest BCUT2D eigenvalue weighted by molar-refractivity contribution is -0.157. The Kier molecular flexibility index (Phi) is 9.60. The number of rotatable bonds is 12. The van der Waals surface area contributed by atoms with Crippen LogP contribution in [0.4, 0.5) is 4.39 Å². The van der Waals surface area contributed by atoms with Gasteiger partial charge in [-0.15, -0.1) is 0 Å². The first-order chi connectivity index (χ1) is 19.1. The Hall–Kier alpha value is -2.87. The Morgan fingerprint density at radius 2 is 1.93 bits per heavy atom. The van der Waals surface area contributed by atoms with Gasteiger partial charge in [-0.25, -0.2) is 18.8 Å². The predicted molar refractivity (Wildman–Crippen MR) is 138 cm³/mol. The number of benzene rings is 1. The summed E-state index contributed by atoms with van der Waals surface area (Å²) in [5.74, 6) is -0.490. The zero-order valence-electron chi connectivity index (χ0n) is 22.3. The molecule has 4 rings (SSSR count). The first-order valence-electron chi connectivity index (χ1n) is 12.9. The van der Waals surface area contributed by atoms with Gasteiger partial charge >= 0.3 is 19.4 Å².